The number of carbonyl (C=O) groups excluding carboxylic acids is 1. The van der Waals surface area contributed by atoms with Crippen LogP contribution in [0.3, 0.4) is 0 Å². The predicted molar refractivity (Wildman–Crippen MR) is 112 cm³/mol. The first kappa shape index (κ1) is 24.5. The van der Waals surface area contributed by atoms with E-state index in [1.165, 1.54) is 6.92 Å². The fraction of sp³-hybridized carbons (Fsp3) is 0.458. The number of alkyl halides is 6. The molecule has 0 aromatic heterocycles. The van der Waals surface area contributed by atoms with Crippen LogP contribution in [0.25, 0.3) is 0 Å². The fourth-order valence-electron chi connectivity index (χ4n) is 4.78. The van der Waals surface area contributed by atoms with E-state index in [-0.39, 0.29) is 36.7 Å². The van der Waals surface area contributed by atoms with Crippen molar-refractivity contribution in [1.82, 2.24) is 10.2 Å². The Bertz CT molecular complexity index is 1010. The minimum Gasteiger partial charge on any atom is -0.372 e. The molecule has 4 nitrogen and oxygen atoms in total. The molecule has 2 unspecified atom stereocenters. The zero-order valence-corrected chi connectivity index (χ0v) is 18.3. The summed E-state index contributed by atoms with van der Waals surface area (Å²) in [5, 5.41) is 2.93. The molecule has 4 rings (SSSR count). The summed E-state index contributed by atoms with van der Waals surface area (Å²) in [6.45, 7) is 2.16. The van der Waals surface area contributed by atoms with Crippen molar-refractivity contribution in [3.05, 3.63) is 70.8 Å². The summed E-state index contributed by atoms with van der Waals surface area (Å²) >= 11 is 0. The van der Waals surface area contributed by atoms with Gasteiger partial charge in [0.05, 0.1) is 35.9 Å². The largest absolute Gasteiger partial charge is 0.416 e. The van der Waals surface area contributed by atoms with Crippen LogP contribution in [-0.4, -0.2) is 36.5 Å². The lowest BCUT2D eigenvalue weighted by molar-refractivity contribution is -0.143. The number of nitrogens with one attached hydrogen (secondary N) is 1. The van der Waals surface area contributed by atoms with E-state index in [1.54, 1.807) is 0 Å². The smallest absolute Gasteiger partial charge is 0.372 e. The second-order valence-corrected chi connectivity index (χ2v) is 8.87. The molecule has 1 N–H and O–H groups in total. The molecule has 10 heteroatoms. The Labute approximate surface area is 192 Å². The molecule has 0 aliphatic carbocycles. The average molecular weight is 486 g/mol. The molecule has 34 heavy (non-hydrogen) atoms. The zero-order chi connectivity index (χ0) is 24.7. The van der Waals surface area contributed by atoms with Crippen LogP contribution in [0, 0.1) is 0 Å². The van der Waals surface area contributed by atoms with Crippen LogP contribution in [0.1, 0.15) is 48.1 Å². The van der Waals surface area contributed by atoms with Gasteiger partial charge in [0.1, 0.15) is 0 Å². The Morgan fingerprint density at radius 2 is 1.68 bits per heavy atom. The molecule has 0 spiro atoms. The van der Waals surface area contributed by atoms with Gasteiger partial charge >= 0.3 is 12.4 Å². The number of piperidine rings is 1. The van der Waals surface area contributed by atoms with Gasteiger partial charge in [-0.25, -0.2) is 0 Å². The third kappa shape index (κ3) is 4.93. The molecule has 0 saturated carbocycles. The number of rotatable bonds is 5. The highest BCUT2D eigenvalue weighted by Crippen LogP contribution is 2.42. The summed E-state index contributed by atoms with van der Waals surface area (Å²) in [7, 11) is 0. The number of hydrogen-bond donors (Lipinski definition) is 1. The molecule has 2 aliphatic rings. The van der Waals surface area contributed by atoms with Crippen molar-refractivity contribution in [2.24, 2.45) is 0 Å². The first-order chi connectivity index (χ1) is 15.9. The molecule has 2 fully saturated rings. The highest BCUT2D eigenvalue weighted by molar-refractivity contribution is 5.79. The van der Waals surface area contributed by atoms with Gasteiger partial charge in [0.2, 0.25) is 5.91 Å². The van der Waals surface area contributed by atoms with Crippen molar-refractivity contribution in [2.45, 2.75) is 49.8 Å². The summed E-state index contributed by atoms with van der Waals surface area (Å²) in [6.07, 6.45) is -9.61. The molecule has 2 saturated heterocycles. The molecule has 2 aromatic rings. The monoisotopic (exact) mass is 486 g/mol. The number of carbonyl (C=O) groups is 1. The average Bonchev–Trinajstić information content (AvgIpc) is 2.77. The van der Waals surface area contributed by atoms with Crippen molar-refractivity contribution < 1.29 is 35.9 Å². The fourth-order valence-corrected chi connectivity index (χ4v) is 4.78. The lowest BCUT2D eigenvalue weighted by atomic mass is 9.78. The Morgan fingerprint density at radius 1 is 1.06 bits per heavy atom. The lowest BCUT2D eigenvalue weighted by Crippen LogP contribution is -2.65. The molecule has 0 radical (unpaired) electrons. The Kier molecular flexibility index (Phi) is 6.41. The van der Waals surface area contributed by atoms with Crippen LogP contribution in [0.15, 0.2) is 48.5 Å². The van der Waals surface area contributed by atoms with Gasteiger partial charge in [-0.15, -0.1) is 0 Å². The maximum atomic E-state index is 13.3. The number of amides is 1. The lowest BCUT2D eigenvalue weighted by Gasteiger charge is -2.52. The number of nitrogens with zero attached hydrogens (tertiary/aromatic N) is 1. The van der Waals surface area contributed by atoms with Crippen LogP contribution >= 0.6 is 0 Å². The van der Waals surface area contributed by atoms with Gasteiger partial charge < -0.3 is 10.1 Å². The van der Waals surface area contributed by atoms with Gasteiger partial charge in [0.15, 0.2) is 0 Å². The molecular formula is C24H24F6N2O2. The van der Waals surface area contributed by atoms with Crippen LogP contribution in [-0.2, 0) is 27.4 Å². The molecule has 184 valence electrons. The van der Waals surface area contributed by atoms with E-state index >= 15 is 0 Å². The Hall–Kier alpha value is -2.59. The summed E-state index contributed by atoms with van der Waals surface area (Å²) in [5.41, 5.74) is -2.80. The molecule has 1 amide bonds. The van der Waals surface area contributed by atoms with Gasteiger partial charge in [-0.2, -0.15) is 26.3 Å². The molecule has 4 atom stereocenters. The predicted octanol–water partition coefficient (Wildman–Crippen LogP) is 5.29. The van der Waals surface area contributed by atoms with Crippen molar-refractivity contribution in [1.29, 1.82) is 0 Å². The number of halogens is 6. The SMILES string of the molecule is C[C@@H](OC[C@@]1(c2ccccc2)CCC2CN1CC(=O)N2)c1cc(C(F)(F)F)cc(C(F)(F)F)c1. The summed E-state index contributed by atoms with van der Waals surface area (Å²) < 4.78 is 85.7. The third-order valence-electron chi connectivity index (χ3n) is 6.61. The highest BCUT2D eigenvalue weighted by Gasteiger charge is 2.47. The number of ether oxygens (including phenoxy) is 1. The Morgan fingerprint density at radius 3 is 2.26 bits per heavy atom. The maximum Gasteiger partial charge on any atom is 0.416 e. The number of hydrogen-bond acceptors (Lipinski definition) is 3. The van der Waals surface area contributed by atoms with E-state index in [2.05, 4.69) is 5.32 Å². The van der Waals surface area contributed by atoms with E-state index in [0.717, 1.165) is 5.56 Å². The quantitative estimate of drug-likeness (QED) is 0.584. The van der Waals surface area contributed by atoms with Crippen molar-refractivity contribution in [3.8, 4) is 0 Å². The molecule has 2 bridgehead atoms. The van der Waals surface area contributed by atoms with Crippen LogP contribution < -0.4 is 5.32 Å². The van der Waals surface area contributed by atoms with Gasteiger partial charge in [-0.3, -0.25) is 9.69 Å². The van der Waals surface area contributed by atoms with Crippen molar-refractivity contribution in [2.75, 3.05) is 19.7 Å². The number of fused-ring (bicyclic) bond motifs is 2. The standard InChI is InChI=1S/C24H24F6N2O2/c1-15(16-9-18(23(25,26)27)11-19(10-16)24(28,29)30)34-14-22(17-5-3-2-4-6-17)8-7-20-12-32(22)13-21(33)31-20/h2-6,9-11,15,20H,7-8,12-14H2,1H3,(H,31,33)/t15-,20?,22-/m1/s1. The molecular weight excluding hydrogens is 462 g/mol. The van der Waals surface area contributed by atoms with Gasteiger partial charge in [0.25, 0.3) is 0 Å². The number of benzene rings is 2. The summed E-state index contributed by atoms with van der Waals surface area (Å²) in [4.78, 5) is 14.2. The highest BCUT2D eigenvalue weighted by atomic mass is 19.4. The molecule has 2 heterocycles. The topological polar surface area (TPSA) is 41.6 Å². The summed E-state index contributed by atoms with van der Waals surface area (Å²) in [5.74, 6) is -0.128. The zero-order valence-electron chi connectivity index (χ0n) is 18.3. The second-order valence-electron chi connectivity index (χ2n) is 8.87. The summed E-state index contributed by atoms with van der Waals surface area (Å²) in [6, 6.07) is 10.8. The first-order valence-electron chi connectivity index (χ1n) is 10.9. The van der Waals surface area contributed by atoms with E-state index < -0.39 is 35.1 Å². The third-order valence-corrected chi connectivity index (χ3v) is 6.61. The van der Waals surface area contributed by atoms with Crippen molar-refractivity contribution in [3.63, 3.8) is 0 Å². The normalized spacial score (nSPS) is 26.1. The minimum atomic E-state index is -4.93. The maximum absolute atomic E-state index is 13.3. The van der Waals surface area contributed by atoms with Gasteiger partial charge in [-0.05, 0) is 49.1 Å². The second kappa shape index (κ2) is 8.88. The van der Waals surface area contributed by atoms with E-state index in [1.807, 2.05) is 35.2 Å². The van der Waals surface area contributed by atoms with E-state index in [9.17, 15) is 31.1 Å². The molecule has 2 aliphatic heterocycles. The number of piperazine rings is 1. The minimum absolute atomic E-state index is 0.00618. The first-order valence-corrected chi connectivity index (χ1v) is 10.9. The van der Waals surface area contributed by atoms with Gasteiger partial charge in [-0.1, -0.05) is 30.3 Å². The van der Waals surface area contributed by atoms with Crippen molar-refractivity contribution >= 4 is 5.91 Å². The Balaban J connectivity index is 1.64. The van der Waals surface area contributed by atoms with Crippen LogP contribution in [0.4, 0.5) is 26.3 Å². The molecule has 2 aromatic carbocycles. The van der Waals surface area contributed by atoms with E-state index in [4.69, 9.17) is 4.74 Å². The van der Waals surface area contributed by atoms with Crippen LogP contribution in [0.5, 0.6) is 0 Å². The van der Waals surface area contributed by atoms with Crippen LogP contribution in [0.2, 0.25) is 0 Å². The van der Waals surface area contributed by atoms with Gasteiger partial charge in [0, 0.05) is 12.6 Å². The van der Waals surface area contributed by atoms with E-state index in [0.29, 0.717) is 31.5 Å².